The van der Waals surface area contributed by atoms with Gasteiger partial charge in [-0.05, 0) is 44.4 Å². The summed E-state index contributed by atoms with van der Waals surface area (Å²) in [7, 11) is 0. The minimum atomic E-state index is -0.979. The van der Waals surface area contributed by atoms with Crippen LogP contribution in [0.25, 0.3) is 0 Å². The second-order valence-electron chi connectivity index (χ2n) is 6.59. The predicted octanol–water partition coefficient (Wildman–Crippen LogP) is 3.33. The predicted molar refractivity (Wildman–Crippen MR) is 97.7 cm³/mol. The van der Waals surface area contributed by atoms with E-state index in [1.807, 2.05) is 43.3 Å². The molecule has 0 aromatic heterocycles. The van der Waals surface area contributed by atoms with Gasteiger partial charge in [-0.3, -0.25) is 4.79 Å². The van der Waals surface area contributed by atoms with Crippen molar-refractivity contribution < 1.29 is 19.1 Å². The van der Waals surface area contributed by atoms with Crippen LogP contribution in [0, 0.1) is 6.92 Å². The van der Waals surface area contributed by atoms with Crippen molar-refractivity contribution in [3.63, 3.8) is 0 Å². The number of carbonyl (C=O) groups is 2. The molecule has 2 aromatic carbocycles. The Morgan fingerprint density at radius 3 is 2.46 bits per heavy atom. The maximum absolute atomic E-state index is 12.5. The van der Waals surface area contributed by atoms with Crippen LogP contribution in [0.15, 0.2) is 54.6 Å². The van der Waals surface area contributed by atoms with Gasteiger partial charge in [0.15, 0.2) is 6.10 Å². The average molecular weight is 353 g/mol. The van der Waals surface area contributed by atoms with Gasteiger partial charge in [-0.2, -0.15) is 0 Å². The van der Waals surface area contributed by atoms with Gasteiger partial charge in [0.25, 0.3) is 5.91 Å². The number of nitrogens with one attached hydrogen (secondary N) is 1. The molecule has 1 aliphatic rings. The standard InChI is InChI=1S/C21H23NO4/c1-14-7-6-10-18(13-14)25-15(2)21(24)26-19(16-8-4-3-5-9-16)20(23)22-17-11-12-17/h3-10,13,15,17,19H,11-12H2,1-2H3,(H,22,23)/t15-,19+/m1/s1. The molecular formula is C21H23NO4. The molecule has 0 bridgehead atoms. The van der Waals surface area contributed by atoms with Gasteiger partial charge in [0.2, 0.25) is 6.10 Å². The summed E-state index contributed by atoms with van der Waals surface area (Å²) < 4.78 is 11.2. The molecule has 0 radical (unpaired) electrons. The van der Waals surface area contributed by atoms with E-state index in [2.05, 4.69) is 5.32 Å². The molecule has 0 unspecified atom stereocenters. The molecule has 1 aliphatic carbocycles. The number of hydrogen-bond donors (Lipinski definition) is 1. The number of hydrogen-bond acceptors (Lipinski definition) is 4. The first-order valence-corrected chi connectivity index (χ1v) is 8.82. The van der Waals surface area contributed by atoms with Crippen molar-refractivity contribution in [2.24, 2.45) is 0 Å². The Hall–Kier alpha value is -2.82. The van der Waals surface area contributed by atoms with E-state index in [1.165, 1.54) is 0 Å². The summed E-state index contributed by atoms with van der Waals surface area (Å²) in [5.74, 6) is -0.283. The molecule has 1 amide bonds. The SMILES string of the molecule is Cc1cccc(O[C@H](C)C(=O)O[C@H](C(=O)NC2CC2)c2ccccc2)c1. The Morgan fingerprint density at radius 2 is 1.81 bits per heavy atom. The van der Waals surface area contributed by atoms with E-state index in [0.29, 0.717) is 11.3 Å². The zero-order chi connectivity index (χ0) is 18.5. The van der Waals surface area contributed by atoms with Gasteiger partial charge in [0, 0.05) is 11.6 Å². The third-order valence-electron chi connectivity index (χ3n) is 4.13. The smallest absolute Gasteiger partial charge is 0.348 e. The summed E-state index contributed by atoms with van der Waals surface area (Å²) in [5.41, 5.74) is 1.68. The quantitative estimate of drug-likeness (QED) is 0.776. The molecule has 136 valence electrons. The fourth-order valence-corrected chi connectivity index (χ4v) is 2.56. The molecule has 5 heteroatoms. The second-order valence-corrected chi connectivity index (χ2v) is 6.59. The van der Waals surface area contributed by atoms with E-state index in [0.717, 1.165) is 18.4 Å². The molecular weight excluding hydrogens is 330 g/mol. The fraction of sp³-hybridized carbons (Fsp3) is 0.333. The highest BCUT2D eigenvalue weighted by molar-refractivity contribution is 5.86. The third kappa shape index (κ3) is 4.85. The maximum atomic E-state index is 12.5. The topological polar surface area (TPSA) is 64.6 Å². The van der Waals surface area contributed by atoms with Gasteiger partial charge in [0.05, 0.1) is 0 Å². The lowest BCUT2D eigenvalue weighted by atomic mass is 10.1. The van der Waals surface area contributed by atoms with Crippen molar-refractivity contribution in [1.82, 2.24) is 5.32 Å². The molecule has 26 heavy (non-hydrogen) atoms. The lowest BCUT2D eigenvalue weighted by Gasteiger charge is -2.21. The van der Waals surface area contributed by atoms with Gasteiger partial charge in [0.1, 0.15) is 5.75 Å². The molecule has 1 fully saturated rings. The van der Waals surface area contributed by atoms with Crippen LogP contribution in [-0.2, 0) is 14.3 Å². The minimum Gasteiger partial charge on any atom is -0.479 e. The van der Waals surface area contributed by atoms with Crippen molar-refractivity contribution in [2.45, 2.75) is 44.9 Å². The molecule has 2 aromatic rings. The monoisotopic (exact) mass is 353 g/mol. The van der Waals surface area contributed by atoms with Crippen molar-refractivity contribution in [3.8, 4) is 5.75 Å². The minimum absolute atomic E-state index is 0.188. The van der Waals surface area contributed by atoms with Crippen molar-refractivity contribution in [1.29, 1.82) is 0 Å². The molecule has 0 aliphatic heterocycles. The summed E-state index contributed by atoms with van der Waals surface area (Å²) >= 11 is 0. The van der Waals surface area contributed by atoms with E-state index >= 15 is 0 Å². The first-order chi connectivity index (χ1) is 12.5. The average Bonchev–Trinajstić information content (AvgIpc) is 3.44. The summed E-state index contributed by atoms with van der Waals surface area (Å²) in [6.45, 7) is 3.56. The first-order valence-electron chi connectivity index (χ1n) is 8.82. The summed E-state index contributed by atoms with van der Waals surface area (Å²) in [4.78, 5) is 25.0. The number of aryl methyl sites for hydroxylation is 1. The Bertz CT molecular complexity index is 771. The zero-order valence-corrected chi connectivity index (χ0v) is 15.0. The highest BCUT2D eigenvalue weighted by Gasteiger charge is 2.32. The van der Waals surface area contributed by atoms with Crippen LogP contribution >= 0.6 is 0 Å². The maximum Gasteiger partial charge on any atom is 0.348 e. The van der Waals surface area contributed by atoms with Gasteiger partial charge in [-0.1, -0.05) is 42.5 Å². The first kappa shape index (κ1) is 18.0. The summed E-state index contributed by atoms with van der Waals surface area (Å²) in [5, 5.41) is 2.90. The Morgan fingerprint density at radius 1 is 1.08 bits per heavy atom. The molecule has 3 rings (SSSR count). The van der Waals surface area contributed by atoms with Crippen molar-refractivity contribution in [2.75, 3.05) is 0 Å². The van der Waals surface area contributed by atoms with Crippen molar-refractivity contribution >= 4 is 11.9 Å². The van der Waals surface area contributed by atoms with Crippen LogP contribution in [0.2, 0.25) is 0 Å². The normalized spacial score (nSPS) is 15.6. The number of ether oxygens (including phenoxy) is 2. The summed E-state index contributed by atoms with van der Waals surface area (Å²) in [6.07, 6.45) is 0.131. The Labute approximate surface area is 153 Å². The van der Waals surface area contributed by atoms with Crippen LogP contribution in [0.3, 0.4) is 0 Å². The van der Waals surface area contributed by atoms with E-state index in [-0.39, 0.29) is 11.9 Å². The van der Waals surface area contributed by atoms with E-state index < -0.39 is 18.2 Å². The number of benzene rings is 2. The zero-order valence-electron chi connectivity index (χ0n) is 15.0. The molecule has 0 spiro atoms. The van der Waals surface area contributed by atoms with Gasteiger partial charge in [-0.15, -0.1) is 0 Å². The third-order valence-corrected chi connectivity index (χ3v) is 4.13. The molecule has 1 N–H and O–H groups in total. The number of rotatable bonds is 7. The number of carbonyl (C=O) groups excluding carboxylic acids is 2. The molecule has 0 heterocycles. The second kappa shape index (κ2) is 8.04. The van der Waals surface area contributed by atoms with Crippen LogP contribution < -0.4 is 10.1 Å². The Balaban J connectivity index is 1.68. The van der Waals surface area contributed by atoms with E-state index in [9.17, 15) is 9.59 Å². The highest BCUT2D eigenvalue weighted by atomic mass is 16.6. The van der Waals surface area contributed by atoms with Gasteiger partial charge in [-0.25, -0.2) is 4.79 Å². The van der Waals surface area contributed by atoms with Gasteiger partial charge >= 0.3 is 5.97 Å². The van der Waals surface area contributed by atoms with Crippen LogP contribution in [0.1, 0.15) is 37.0 Å². The molecule has 1 saturated carbocycles. The molecule has 5 nitrogen and oxygen atoms in total. The molecule has 2 atom stereocenters. The fourth-order valence-electron chi connectivity index (χ4n) is 2.56. The van der Waals surface area contributed by atoms with Crippen LogP contribution in [0.5, 0.6) is 5.75 Å². The van der Waals surface area contributed by atoms with Crippen LogP contribution in [-0.4, -0.2) is 24.0 Å². The molecule has 0 saturated heterocycles. The number of amides is 1. The van der Waals surface area contributed by atoms with E-state index in [4.69, 9.17) is 9.47 Å². The lowest BCUT2D eigenvalue weighted by molar-refractivity contribution is -0.162. The lowest BCUT2D eigenvalue weighted by Crippen LogP contribution is -2.36. The van der Waals surface area contributed by atoms with Gasteiger partial charge < -0.3 is 14.8 Å². The van der Waals surface area contributed by atoms with E-state index in [1.54, 1.807) is 25.1 Å². The Kier molecular flexibility index (Phi) is 5.56. The summed E-state index contributed by atoms with van der Waals surface area (Å²) in [6, 6.07) is 16.7. The highest BCUT2D eigenvalue weighted by Crippen LogP contribution is 2.24. The largest absolute Gasteiger partial charge is 0.479 e. The number of esters is 1. The van der Waals surface area contributed by atoms with Crippen molar-refractivity contribution in [3.05, 3.63) is 65.7 Å². The van der Waals surface area contributed by atoms with Crippen LogP contribution in [0.4, 0.5) is 0 Å².